The Labute approximate surface area is 124 Å². The molecule has 1 aromatic heterocycles. The number of anilines is 1. The fourth-order valence-electron chi connectivity index (χ4n) is 1.63. The van der Waals surface area contributed by atoms with Gasteiger partial charge in [0.1, 0.15) is 4.90 Å². The van der Waals surface area contributed by atoms with Gasteiger partial charge in [0.05, 0.1) is 6.20 Å². The van der Waals surface area contributed by atoms with Gasteiger partial charge < -0.3 is 5.73 Å². The maximum absolute atomic E-state index is 11.9. The van der Waals surface area contributed by atoms with E-state index in [0.29, 0.717) is 18.7 Å². The van der Waals surface area contributed by atoms with E-state index in [4.69, 9.17) is 5.73 Å². The van der Waals surface area contributed by atoms with Crippen LogP contribution in [-0.2, 0) is 23.5 Å². The molecule has 0 amide bonds. The van der Waals surface area contributed by atoms with Crippen molar-refractivity contribution < 1.29 is 8.42 Å². The molecule has 0 unspecified atom stereocenters. The summed E-state index contributed by atoms with van der Waals surface area (Å²) >= 11 is 0. The molecule has 0 aliphatic heterocycles. The highest BCUT2D eigenvalue weighted by Gasteiger charge is 2.14. The predicted octanol–water partition coefficient (Wildman–Crippen LogP) is 0.945. The van der Waals surface area contributed by atoms with Crippen LogP contribution in [0.1, 0.15) is 5.56 Å². The van der Waals surface area contributed by atoms with Crippen molar-refractivity contribution in [3.63, 3.8) is 0 Å². The predicted molar refractivity (Wildman–Crippen MR) is 80.2 cm³/mol. The van der Waals surface area contributed by atoms with E-state index in [9.17, 15) is 8.42 Å². The second-order valence-electron chi connectivity index (χ2n) is 4.24. The molecule has 1 heterocycles. The van der Waals surface area contributed by atoms with Crippen molar-refractivity contribution in [3.8, 4) is 0 Å². The second-order valence-corrected chi connectivity index (χ2v) is 6.01. The fourth-order valence-corrected chi connectivity index (χ4v) is 2.65. The first-order chi connectivity index (χ1) is 8.97. The molecule has 0 radical (unpaired) electrons. The van der Waals surface area contributed by atoms with Crippen LogP contribution in [0.3, 0.4) is 0 Å². The minimum Gasteiger partial charge on any atom is -0.399 e. The highest BCUT2D eigenvalue weighted by molar-refractivity contribution is 7.89. The number of nitrogens with one attached hydrogen (secondary N) is 1. The molecule has 0 aliphatic carbocycles. The monoisotopic (exact) mass is 316 g/mol. The lowest BCUT2D eigenvalue weighted by Crippen LogP contribution is -2.25. The number of nitrogen functional groups attached to an aromatic ring is 1. The molecule has 110 valence electrons. The number of rotatable bonds is 5. The molecule has 1 aromatic carbocycles. The third-order valence-corrected chi connectivity index (χ3v) is 4.09. The molecule has 2 aromatic rings. The Bertz CT molecular complexity index is 652. The number of halogens is 1. The van der Waals surface area contributed by atoms with Crippen molar-refractivity contribution >= 4 is 28.1 Å². The first-order valence-corrected chi connectivity index (χ1v) is 7.28. The molecular weight excluding hydrogens is 300 g/mol. The summed E-state index contributed by atoms with van der Waals surface area (Å²) in [5, 5.41) is 3.84. The van der Waals surface area contributed by atoms with E-state index in [2.05, 4.69) is 9.82 Å². The lowest BCUT2D eigenvalue weighted by molar-refractivity contribution is 0.581. The van der Waals surface area contributed by atoms with Gasteiger partial charge in [0, 0.05) is 25.5 Å². The first kappa shape index (κ1) is 16.5. The fraction of sp³-hybridized carbons (Fsp3) is 0.250. The Morgan fingerprint density at radius 3 is 2.50 bits per heavy atom. The van der Waals surface area contributed by atoms with Gasteiger partial charge >= 0.3 is 0 Å². The lowest BCUT2D eigenvalue weighted by atomic mass is 10.1. The number of nitrogens with zero attached hydrogens (tertiary/aromatic N) is 2. The molecule has 6 nitrogen and oxygen atoms in total. The average Bonchev–Trinajstić information content (AvgIpc) is 2.79. The normalized spacial score (nSPS) is 11.1. The molecule has 2 rings (SSSR count). The Morgan fingerprint density at radius 1 is 1.30 bits per heavy atom. The number of sulfonamides is 1. The number of hydrogen-bond acceptors (Lipinski definition) is 4. The van der Waals surface area contributed by atoms with Crippen LogP contribution in [0.2, 0.25) is 0 Å². The van der Waals surface area contributed by atoms with Gasteiger partial charge in [-0.25, -0.2) is 13.1 Å². The molecule has 0 fully saturated rings. The quantitative estimate of drug-likeness (QED) is 0.803. The largest absolute Gasteiger partial charge is 0.399 e. The maximum atomic E-state index is 11.9. The summed E-state index contributed by atoms with van der Waals surface area (Å²) < 4.78 is 27.8. The van der Waals surface area contributed by atoms with Crippen LogP contribution in [0, 0.1) is 0 Å². The standard InChI is InChI=1S/C12H16N4O2S.ClH/c1-16-9-12(8-14-16)19(17,18)15-7-6-10-2-4-11(13)5-3-10;/h2-5,8-9,15H,6-7,13H2,1H3;1H. The third-order valence-electron chi connectivity index (χ3n) is 2.68. The van der Waals surface area contributed by atoms with Gasteiger partial charge in [0.25, 0.3) is 0 Å². The van der Waals surface area contributed by atoms with E-state index in [1.807, 2.05) is 12.1 Å². The molecular formula is C12H17ClN4O2S. The van der Waals surface area contributed by atoms with Gasteiger partial charge in [-0.15, -0.1) is 12.4 Å². The SMILES string of the molecule is Cl.Cn1cc(S(=O)(=O)NCCc2ccc(N)cc2)cn1. The van der Waals surface area contributed by atoms with E-state index in [1.54, 1.807) is 19.2 Å². The topological polar surface area (TPSA) is 90.0 Å². The van der Waals surface area contributed by atoms with Crippen molar-refractivity contribution in [1.82, 2.24) is 14.5 Å². The Kier molecular flexibility index (Phi) is 5.55. The van der Waals surface area contributed by atoms with Crippen LogP contribution in [0.4, 0.5) is 5.69 Å². The number of aromatic nitrogens is 2. The average molecular weight is 317 g/mol. The first-order valence-electron chi connectivity index (χ1n) is 5.80. The van der Waals surface area contributed by atoms with Crippen LogP contribution in [0.15, 0.2) is 41.6 Å². The smallest absolute Gasteiger partial charge is 0.243 e. The zero-order valence-electron chi connectivity index (χ0n) is 11.0. The van der Waals surface area contributed by atoms with Crippen LogP contribution in [0.25, 0.3) is 0 Å². The van der Waals surface area contributed by atoms with E-state index in [-0.39, 0.29) is 17.3 Å². The molecule has 0 atom stereocenters. The summed E-state index contributed by atoms with van der Waals surface area (Å²) in [4.78, 5) is 0.173. The van der Waals surface area contributed by atoms with Crippen LogP contribution in [-0.4, -0.2) is 24.7 Å². The van der Waals surface area contributed by atoms with Gasteiger partial charge in [0.15, 0.2) is 0 Å². The van der Waals surface area contributed by atoms with Crippen molar-refractivity contribution in [2.24, 2.45) is 7.05 Å². The third kappa shape index (κ3) is 4.22. The summed E-state index contributed by atoms with van der Waals surface area (Å²) in [5.74, 6) is 0. The highest BCUT2D eigenvalue weighted by Crippen LogP contribution is 2.08. The summed E-state index contributed by atoms with van der Waals surface area (Å²) in [5.41, 5.74) is 7.31. The van der Waals surface area contributed by atoms with E-state index in [1.165, 1.54) is 17.1 Å². The lowest BCUT2D eigenvalue weighted by Gasteiger charge is -2.05. The Morgan fingerprint density at radius 2 is 1.95 bits per heavy atom. The Hall–Kier alpha value is -1.57. The van der Waals surface area contributed by atoms with Crippen molar-refractivity contribution in [2.75, 3.05) is 12.3 Å². The molecule has 8 heteroatoms. The van der Waals surface area contributed by atoms with Crippen molar-refractivity contribution in [2.45, 2.75) is 11.3 Å². The number of hydrogen-bond donors (Lipinski definition) is 2. The van der Waals surface area contributed by atoms with Gasteiger partial charge in [-0.2, -0.15) is 5.10 Å². The molecule has 0 spiro atoms. The molecule has 0 saturated heterocycles. The molecule has 20 heavy (non-hydrogen) atoms. The van der Waals surface area contributed by atoms with Gasteiger partial charge in [-0.3, -0.25) is 4.68 Å². The molecule has 0 aliphatic rings. The van der Waals surface area contributed by atoms with E-state index >= 15 is 0 Å². The second kappa shape index (κ2) is 6.74. The zero-order chi connectivity index (χ0) is 13.9. The summed E-state index contributed by atoms with van der Waals surface area (Å²) in [6, 6.07) is 7.36. The highest BCUT2D eigenvalue weighted by atomic mass is 35.5. The summed E-state index contributed by atoms with van der Waals surface area (Å²) in [6.07, 6.45) is 3.40. The van der Waals surface area contributed by atoms with Gasteiger partial charge in [0.2, 0.25) is 10.0 Å². The van der Waals surface area contributed by atoms with Crippen molar-refractivity contribution in [3.05, 3.63) is 42.2 Å². The minimum absolute atomic E-state index is 0. The number of nitrogens with two attached hydrogens (primary N) is 1. The van der Waals surface area contributed by atoms with Gasteiger partial charge in [-0.05, 0) is 24.1 Å². The zero-order valence-corrected chi connectivity index (χ0v) is 12.6. The summed E-state index contributed by atoms with van der Waals surface area (Å²) in [6.45, 7) is 0.334. The minimum atomic E-state index is -3.48. The maximum Gasteiger partial charge on any atom is 0.243 e. The van der Waals surface area contributed by atoms with E-state index in [0.717, 1.165) is 5.56 Å². The molecule has 3 N–H and O–H groups in total. The van der Waals surface area contributed by atoms with Crippen LogP contribution < -0.4 is 10.5 Å². The number of benzene rings is 1. The van der Waals surface area contributed by atoms with E-state index < -0.39 is 10.0 Å². The van der Waals surface area contributed by atoms with Crippen LogP contribution >= 0.6 is 12.4 Å². The van der Waals surface area contributed by atoms with Gasteiger partial charge in [-0.1, -0.05) is 12.1 Å². The van der Waals surface area contributed by atoms with Crippen molar-refractivity contribution in [1.29, 1.82) is 0 Å². The molecule has 0 saturated carbocycles. The summed E-state index contributed by atoms with van der Waals surface area (Å²) in [7, 11) is -1.80. The molecule has 0 bridgehead atoms. The number of aryl methyl sites for hydroxylation is 1. The Balaban J connectivity index is 0.00000200. The van der Waals surface area contributed by atoms with Crippen LogP contribution in [0.5, 0.6) is 0 Å².